The second kappa shape index (κ2) is 12.9. The van der Waals surface area contributed by atoms with Crippen LogP contribution in [0.5, 0.6) is 11.5 Å². The molecule has 12 heteroatoms. The van der Waals surface area contributed by atoms with Crippen LogP contribution in [-0.2, 0) is 26.2 Å². The topological polar surface area (TPSA) is 105 Å². The van der Waals surface area contributed by atoms with Crippen LogP contribution >= 0.6 is 23.2 Å². The van der Waals surface area contributed by atoms with Crippen molar-refractivity contribution in [3.05, 3.63) is 52.0 Å². The lowest BCUT2D eigenvalue weighted by molar-refractivity contribution is -0.140. The minimum absolute atomic E-state index is 0.0275. The van der Waals surface area contributed by atoms with Gasteiger partial charge in [-0.05, 0) is 49.1 Å². The van der Waals surface area contributed by atoms with E-state index in [-0.39, 0.29) is 50.5 Å². The zero-order valence-electron chi connectivity index (χ0n) is 21.9. The van der Waals surface area contributed by atoms with Crippen molar-refractivity contribution in [2.24, 2.45) is 5.92 Å². The van der Waals surface area contributed by atoms with Crippen LogP contribution < -0.4 is 19.1 Å². The third-order valence-corrected chi connectivity index (χ3v) is 7.92. The number of fused-ring (bicyclic) bond motifs is 1. The highest BCUT2D eigenvalue weighted by Crippen LogP contribution is 2.36. The fraction of sp³-hybridized carbons (Fsp3) is 0.462. The summed E-state index contributed by atoms with van der Waals surface area (Å²) in [6, 6.07) is 9.18. The predicted molar refractivity (Wildman–Crippen MR) is 148 cm³/mol. The molecule has 1 aliphatic heterocycles. The van der Waals surface area contributed by atoms with E-state index < -0.39 is 16.1 Å². The summed E-state index contributed by atoms with van der Waals surface area (Å²) in [5.74, 6) is 0.692. The van der Waals surface area contributed by atoms with E-state index in [0.29, 0.717) is 33.8 Å². The Balaban J connectivity index is 1.74. The quantitative estimate of drug-likeness (QED) is 0.394. The van der Waals surface area contributed by atoms with Crippen LogP contribution in [0.1, 0.15) is 39.2 Å². The second-order valence-electron chi connectivity index (χ2n) is 9.56. The Labute approximate surface area is 234 Å². The molecule has 2 aromatic rings. The smallest absolute Gasteiger partial charge is 0.242 e. The molecule has 9 nitrogen and oxygen atoms in total. The van der Waals surface area contributed by atoms with E-state index in [1.807, 2.05) is 13.8 Å². The Hall–Kier alpha value is -2.69. The van der Waals surface area contributed by atoms with Crippen LogP contribution in [0, 0.1) is 5.92 Å². The maximum Gasteiger partial charge on any atom is 0.242 e. The van der Waals surface area contributed by atoms with E-state index in [4.69, 9.17) is 32.7 Å². The van der Waals surface area contributed by atoms with Gasteiger partial charge in [0.05, 0.1) is 22.0 Å². The minimum atomic E-state index is -3.64. The summed E-state index contributed by atoms with van der Waals surface area (Å²) in [5, 5.41) is 3.61. The Morgan fingerprint density at radius 2 is 1.74 bits per heavy atom. The average molecular weight is 587 g/mol. The van der Waals surface area contributed by atoms with Crippen molar-refractivity contribution in [3.63, 3.8) is 0 Å². The minimum Gasteiger partial charge on any atom is -0.454 e. The predicted octanol–water partition coefficient (Wildman–Crippen LogP) is 4.46. The molecule has 2 aromatic carbocycles. The van der Waals surface area contributed by atoms with Crippen molar-refractivity contribution in [1.82, 2.24) is 10.2 Å². The molecule has 38 heavy (non-hydrogen) atoms. The van der Waals surface area contributed by atoms with Crippen molar-refractivity contribution in [2.75, 3.05) is 30.4 Å². The molecule has 0 spiro atoms. The SMILES string of the molecule is CC(C)CNC(=O)[C@H](C)N(Cc1ccc(Cl)c(Cl)c1)C(=O)CCCN(c1ccc2c(c1)OCO2)S(C)(=O)=O. The number of carbonyl (C=O) groups excluding carboxylic acids is 2. The van der Waals surface area contributed by atoms with Gasteiger partial charge in [0.1, 0.15) is 6.04 Å². The highest BCUT2D eigenvalue weighted by molar-refractivity contribution is 7.92. The molecule has 0 aromatic heterocycles. The molecule has 0 fully saturated rings. The fourth-order valence-electron chi connectivity index (χ4n) is 3.91. The number of nitrogens with zero attached hydrogens (tertiary/aromatic N) is 2. The van der Waals surface area contributed by atoms with E-state index in [9.17, 15) is 18.0 Å². The zero-order valence-corrected chi connectivity index (χ0v) is 24.2. The second-order valence-corrected chi connectivity index (χ2v) is 12.3. The fourth-order valence-corrected chi connectivity index (χ4v) is 5.19. The Morgan fingerprint density at radius 1 is 1.03 bits per heavy atom. The molecule has 1 atom stereocenters. The van der Waals surface area contributed by atoms with Gasteiger partial charge in [-0.1, -0.05) is 43.1 Å². The highest BCUT2D eigenvalue weighted by Gasteiger charge is 2.27. The summed E-state index contributed by atoms with van der Waals surface area (Å²) >= 11 is 12.2. The highest BCUT2D eigenvalue weighted by atomic mass is 35.5. The van der Waals surface area contributed by atoms with Gasteiger partial charge in [0.25, 0.3) is 0 Å². The average Bonchev–Trinajstić information content (AvgIpc) is 3.32. The molecule has 3 rings (SSSR count). The van der Waals surface area contributed by atoms with Gasteiger partial charge in [-0.3, -0.25) is 13.9 Å². The maximum absolute atomic E-state index is 13.4. The first-order valence-corrected chi connectivity index (χ1v) is 14.9. The number of benzene rings is 2. The molecule has 0 aliphatic carbocycles. The van der Waals surface area contributed by atoms with Gasteiger partial charge in [0, 0.05) is 32.1 Å². The van der Waals surface area contributed by atoms with E-state index in [2.05, 4.69) is 5.32 Å². The van der Waals surface area contributed by atoms with Crippen LogP contribution in [0.4, 0.5) is 5.69 Å². The number of halogens is 2. The summed E-state index contributed by atoms with van der Waals surface area (Å²) in [4.78, 5) is 27.7. The van der Waals surface area contributed by atoms with Crippen LogP contribution in [-0.4, -0.2) is 57.3 Å². The summed E-state index contributed by atoms with van der Waals surface area (Å²) < 4.78 is 37.0. The molecular weight excluding hydrogens is 553 g/mol. The van der Waals surface area contributed by atoms with Gasteiger partial charge >= 0.3 is 0 Å². The van der Waals surface area contributed by atoms with Crippen molar-refractivity contribution >= 4 is 50.7 Å². The summed E-state index contributed by atoms with van der Waals surface area (Å²) in [7, 11) is -3.64. The number of hydrogen-bond acceptors (Lipinski definition) is 6. The van der Waals surface area contributed by atoms with Crippen LogP contribution in [0.15, 0.2) is 36.4 Å². The standard InChI is InChI=1S/C26H33Cl2N3O6S/c1-17(2)14-29-26(33)18(3)30(15-19-7-9-21(27)22(28)12-19)25(32)6-5-11-31(38(4,34)35)20-8-10-23-24(13-20)37-16-36-23/h7-10,12-13,17-18H,5-6,11,14-16H2,1-4H3,(H,29,33)/t18-/m0/s1. The monoisotopic (exact) mass is 585 g/mol. The molecule has 1 N–H and O–H groups in total. The molecule has 1 heterocycles. The lowest BCUT2D eigenvalue weighted by Crippen LogP contribution is -2.48. The van der Waals surface area contributed by atoms with Gasteiger partial charge in [0.2, 0.25) is 28.6 Å². The van der Waals surface area contributed by atoms with Crippen molar-refractivity contribution in [2.45, 2.75) is 46.2 Å². The van der Waals surface area contributed by atoms with E-state index in [1.54, 1.807) is 43.3 Å². The number of anilines is 1. The number of hydrogen-bond donors (Lipinski definition) is 1. The van der Waals surface area contributed by atoms with Gasteiger partial charge in [-0.25, -0.2) is 8.42 Å². The lowest BCUT2D eigenvalue weighted by atomic mass is 10.1. The number of ether oxygens (including phenoxy) is 2. The molecule has 0 saturated heterocycles. The Kier molecular flexibility index (Phi) is 10.1. The number of rotatable bonds is 12. The molecule has 0 bridgehead atoms. The molecule has 208 valence electrons. The summed E-state index contributed by atoms with van der Waals surface area (Å²) in [6.07, 6.45) is 1.37. The molecule has 1 aliphatic rings. The van der Waals surface area contributed by atoms with Gasteiger partial charge in [-0.2, -0.15) is 0 Å². The summed E-state index contributed by atoms with van der Waals surface area (Å²) in [5.41, 5.74) is 1.13. The maximum atomic E-state index is 13.4. The zero-order chi connectivity index (χ0) is 28.0. The molecule has 0 radical (unpaired) electrons. The van der Waals surface area contributed by atoms with Gasteiger partial charge in [0.15, 0.2) is 11.5 Å². The third kappa shape index (κ3) is 7.91. The van der Waals surface area contributed by atoms with E-state index >= 15 is 0 Å². The third-order valence-electron chi connectivity index (χ3n) is 5.99. The summed E-state index contributed by atoms with van der Waals surface area (Å²) in [6.45, 7) is 6.40. The van der Waals surface area contributed by atoms with Crippen molar-refractivity contribution in [1.29, 1.82) is 0 Å². The lowest BCUT2D eigenvalue weighted by Gasteiger charge is -2.30. The first-order chi connectivity index (χ1) is 17.9. The Bertz CT molecular complexity index is 1270. The normalized spacial score (nSPS) is 13.3. The number of sulfonamides is 1. The molecule has 2 amide bonds. The first-order valence-electron chi connectivity index (χ1n) is 12.2. The van der Waals surface area contributed by atoms with Crippen LogP contribution in [0.2, 0.25) is 10.0 Å². The van der Waals surface area contributed by atoms with E-state index in [1.165, 1.54) is 9.21 Å². The largest absolute Gasteiger partial charge is 0.454 e. The van der Waals surface area contributed by atoms with Crippen LogP contribution in [0.3, 0.4) is 0 Å². The number of nitrogens with one attached hydrogen (secondary N) is 1. The number of carbonyl (C=O) groups is 2. The van der Waals surface area contributed by atoms with Gasteiger partial charge in [-0.15, -0.1) is 0 Å². The van der Waals surface area contributed by atoms with Crippen LogP contribution in [0.25, 0.3) is 0 Å². The molecule has 0 saturated carbocycles. The first kappa shape index (κ1) is 29.9. The van der Waals surface area contributed by atoms with Crippen molar-refractivity contribution in [3.8, 4) is 11.5 Å². The molecular formula is C26H33Cl2N3O6S. The van der Waals surface area contributed by atoms with E-state index in [0.717, 1.165) is 11.8 Å². The van der Waals surface area contributed by atoms with Gasteiger partial charge < -0.3 is 19.7 Å². The number of amides is 2. The molecule has 0 unspecified atom stereocenters. The Morgan fingerprint density at radius 3 is 2.39 bits per heavy atom. The van der Waals surface area contributed by atoms with Crippen molar-refractivity contribution < 1.29 is 27.5 Å².